The fraction of sp³-hybridized carbons (Fsp3) is 0.500. The standard InChI is InChI=1S/C12H16N2O6/c1-2-3-6-4-14(12(19)13-10(6)18)11-9(17)8(16)7(5-15)20-11/h2,4,7-9,11,15-17H,1,3,5H2,(H,13,18,19)/t7-,8-,9+,11-/m1/s1. The number of aromatic amines is 1. The Labute approximate surface area is 113 Å². The van der Waals surface area contributed by atoms with Gasteiger partial charge in [-0.05, 0) is 6.42 Å². The first kappa shape index (κ1) is 14.7. The minimum absolute atomic E-state index is 0.240. The van der Waals surface area contributed by atoms with Crippen molar-refractivity contribution in [3.8, 4) is 0 Å². The Hall–Kier alpha value is -1.74. The molecule has 0 unspecified atom stereocenters. The lowest BCUT2D eigenvalue weighted by atomic mass is 10.1. The second-order valence-electron chi connectivity index (χ2n) is 4.54. The van der Waals surface area contributed by atoms with Crippen LogP contribution in [0.4, 0.5) is 0 Å². The first-order chi connectivity index (χ1) is 9.49. The van der Waals surface area contributed by atoms with Crippen molar-refractivity contribution in [2.24, 2.45) is 0 Å². The topological polar surface area (TPSA) is 125 Å². The molecular formula is C12H16N2O6. The molecule has 1 aromatic heterocycles. The average molecular weight is 284 g/mol. The predicted molar refractivity (Wildman–Crippen MR) is 68.2 cm³/mol. The molecule has 1 fully saturated rings. The summed E-state index contributed by atoms with van der Waals surface area (Å²) in [4.78, 5) is 25.4. The maximum atomic E-state index is 11.8. The summed E-state index contributed by atoms with van der Waals surface area (Å²) in [6.45, 7) is 3.01. The molecular weight excluding hydrogens is 268 g/mol. The molecule has 4 N–H and O–H groups in total. The van der Waals surface area contributed by atoms with E-state index in [2.05, 4.69) is 11.6 Å². The van der Waals surface area contributed by atoms with Gasteiger partial charge in [-0.2, -0.15) is 0 Å². The molecule has 1 saturated heterocycles. The number of hydrogen-bond donors (Lipinski definition) is 4. The highest BCUT2D eigenvalue weighted by molar-refractivity contribution is 5.09. The number of H-pyrrole nitrogens is 1. The van der Waals surface area contributed by atoms with Crippen LogP contribution in [0.25, 0.3) is 0 Å². The zero-order chi connectivity index (χ0) is 14.9. The number of ether oxygens (including phenoxy) is 1. The van der Waals surface area contributed by atoms with E-state index in [0.29, 0.717) is 0 Å². The maximum Gasteiger partial charge on any atom is 0.330 e. The van der Waals surface area contributed by atoms with E-state index in [4.69, 9.17) is 9.84 Å². The summed E-state index contributed by atoms with van der Waals surface area (Å²) < 4.78 is 6.23. The van der Waals surface area contributed by atoms with Crippen LogP contribution in [0.15, 0.2) is 28.4 Å². The summed E-state index contributed by atoms with van der Waals surface area (Å²) >= 11 is 0. The van der Waals surface area contributed by atoms with Gasteiger partial charge in [0, 0.05) is 11.8 Å². The third-order valence-corrected chi connectivity index (χ3v) is 3.20. The zero-order valence-corrected chi connectivity index (χ0v) is 10.6. The lowest BCUT2D eigenvalue weighted by molar-refractivity contribution is -0.0551. The lowest BCUT2D eigenvalue weighted by Crippen LogP contribution is -2.38. The number of hydrogen-bond acceptors (Lipinski definition) is 6. The van der Waals surface area contributed by atoms with Crippen molar-refractivity contribution in [1.29, 1.82) is 0 Å². The van der Waals surface area contributed by atoms with E-state index in [1.165, 1.54) is 12.3 Å². The van der Waals surface area contributed by atoms with Gasteiger partial charge in [0.2, 0.25) is 0 Å². The van der Waals surface area contributed by atoms with E-state index in [0.717, 1.165) is 4.57 Å². The van der Waals surface area contributed by atoms with Gasteiger partial charge in [-0.3, -0.25) is 14.3 Å². The predicted octanol–water partition coefficient (Wildman–Crippen LogP) is -2.12. The maximum absolute atomic E-state index is 11.8. The fourth-order valence-electron chi connectivity index (χ4n) is 2.13. The minimum Gasteiger partial charge on any atom is -0.394 e. The van der Waals surface area contributed by atoms with E-state index in [-0.39, 0.29) is 12.0 Å². The molecule has 4 atom stereocenters. The molecule has 0 bridgehead atoms. The zero-order valence-electron chi connectivity index (χ0n) is 10.6. The largest absolute Gasteiger partial charge is 0.394 e. The van der Waals surface area contributed by atoms with Crippen LogP contribution < -0.4 is 11.2 Å². The number of allylic oxidation sites excluding steroid dienone is 1. The molecule has 1 aliphatic rings. The summed E-state index contributed by atoms with van der Waals surface area (Å²) in [6.07, 6.45) is -1.87. The molecule has 0 saturated carbocycles. The first-order valence-corrected chi connectivity index (χ1v) is 6.07. The molecule has 8 nitrogen and oxygen atoms in total. The monoisotopic (exact) mass is 284 g/mol. The third-order valence-electron chi connectivity index (χ3n) is 3.20. The highest BCUT2D eigenvalue weighted by Crippen LogP contribution is 2.27. The highest BCUT2D eigenvalue weighted by Gasteiger charge is 2.43. The molecule has 20 heavy (non-hydrogen) atoms. The van der Waals surface area contributed by atoms with E-state index < -0.39 is 42.4 Å². The number of rotatable bonds is 4. The molecule has 0 aliphatic carbocycles. The van der Waals surface area contributed by atoms with E-state index in [9.17, 15) is 19.8 Å². The quantitative estimate of drug-likeness (QED) is 0.468. The Morgan fingerprint density at radius 3 is 2.65 bits per heavy atom. The molecule has 2 rings (SSSR count). The number of aromatic nitrogens is 2. The SMILES string of the molecule is C=CCc1cn([C@@H]2O[C@H](CO)[C@@H](O)[C@@H]2O)c(=O)[nH]c1=O. The minimum atomic E-state index is -1.38. The molecule has 8 heteroatoms. The van der Waals surface area contributed by atoms with Crippen LogP contribution in [0.2, 0.25) is 0 Å². The van der Waals surface area contributed by atoms with Crippen molar-refractivity contribution in [1.82, 2.24) is 9.55 Å². The van der Waals surface area contributed by atoms with Crippen LogP contribution in [0.1, 0.15) is 11.8 Å². The third kappa shape index (κ3) is 2.46. The Balaban J connectivity index is 2.43. The van der Waals surface area contributed by atoms with Crippen LogP contribution in [-0.4, -0.2) is 49.8 Å². The van der Waals surface area contributed by atoms with Gasteiger partial charge in [0.15, 0.2) is 6.23 Å². The molecule has 0 spiro atoms. The van der Waals surface area contributed by atoms with E-state index in [1.54, 1.807) is 0 Å². The van der Waals surface area contributed by atoms with Crippen molar-refractivity contribution in [2.75, 3.05) is 6.61 Å². The summed E-state index contributed by atoms with van der Waals surface area (Å²) in [6, 6.07) is 0. The Bertz CT molecular complexity index is 607. The van der Waals surface area contributed by atoms with Crippen LogP contribution in [0.5, 0.6) is 0 Å². The lowest BCUT2D eigenvalue weighted by Gasteiger charge is -2.17. The van der Waals surface area contributed by atoms with Crippen LogP contribution in [0, 0.1) is 0 Å². The summed E-state index contributed by atoms with van der Waals surface area (Å²) in [7, 11) is 0. The highest BCUT2D eigenvalue weighted by atomic mass is 16.6. The molecule has 1 aromatic rings. The number of nitrogens with one attached hydrogen (secondary N) is 1. The molecule has 0 radical (unpaired) electrons. The Morgan fingerprint density at radius 2 is 2.10 bits per heavy atom. The molecule has 110 valence electrons. The van der Waals surface area contributed by atoms with Crippen molar-refractivity contribution in [3.63, 3.8) is 0 Å². The fourth-order valence-corrected chi connectivity index (χ4v) is 2.13. The van der Waals surface area contributed by atoms with Crippen molar-refractivity contribution in [2.45, 2.75) is 31.0 Å². The summed E-state index contributed by atoms with van der Waals surface area (Å²) in [5.74, 6) is 0. The summed E-state index contributed by atoms with van der Waals surface area (Å²) in [5, 5.41) is 28.6. The normalized spacial score (nSPS) is 29.6. The van der Waals surface area contributed by atoms with Gasteiger partial charge in [-0.15, -0.1) is 6.58 Å². The van der Waals surface area contributed by atoms with Gasteiger partial charge < -0.3 is 20.1 Å². The average Bonchev–Trinajstić information content (AvgIpc) is 2.70. The number of nitrogens with zero attached hydrogens (tertiary/aromatic N) is 1. The van der Waals surface area contributed by atoms with E-state index in [1.807, 2.05) is 0 Å². The molecule has 0 aromatic carbocycles. The van der Waals surface area contributed by atoms with E-state index >= 15 is 0 Å². The second-order valence-corrected chi connectivity index (χ2v) is 4.54. The van der Waals surface area contributed by atoms with Gasteiger partial charge in [-0.25, -0.2) is 4.79 Å². The Morgan fingerprint density at radius 1 is 1.40 bits per heavy atom. The Kier molecular flexibility index (Phi) is 4.19. The molecule has 0 amide bonds. The van der Waals surface area contributed by atoms with Crippen molar-refractivity contribution >= 4 is 0 Å². The number of aliphatic hydroxyl groups is 3. The van der Waals surface area contributed by atoms with Gasteiger partial charge >= 0.3 is 5.69 Å². The first-order valence-electron chi connectivity index (χ1n) is 6.07. The smallest absolute Gasteiger partial charge is 0.330 e. The van der Waals surface area contributed by atoms with Crippen LogP contribution >= 0.6 is 0 Å². The number of aliphatic hydroxyl groups excluding tert-OH is 3. The van der Waals surface area contributed by atoms with Crippen LogP contribution in [-0.2, 0) is 11.2 Å². The van der Waals surface area contributed by atoms with Gasteiger partial charge in [0.25, 0.3) is 5.56 Å². The van der Waals surface area contributed by atoms with Gasteiger partial charge in [0.05, 0.1) is 6.61 Å². The summed E-state index contributed by atoms with van der Waals surface area (Å²) in [5.41, 5.74) is -1.03. The molecule has 2 heterocycles. The molecule has 1 aliphatic heterocycles. The van der Waals surface area contributed by atoms with Gasteiger partial charge in [0.1, 0.15) is 18.3 Å². The van der Waals surface area contributed by atoms with Crippen molar-refractivity contribution < 1.29 is 20.1 Å². The van der Waals surface area contributed by atoms with Crippen molar-refractivity contribution in [3.05, 3.63) is 45.3 Å². The van der Waals surface area contributed by atoms with Gasteiger partial charge in [-0.1, -0.05) is 6.08 Å². The second kappa shape index (κ2) is 5.71. The van der Waals surface area contributed by atoms with Crippen LogP contribution in [0.3, 0.4) is 0 Å².